The van der Waals surface area contributed by atoms with Gasteiger partial charge in [0.2, 0.25) is 0 Å². The van der Waals surface area contributed by atoms with Crippen LogP contribution < -0.4 is 0 Å². The van der Waals surface area contributed by atoms with Gasteiger partial charge in [-0.05, 0) is 39.3 Å². The first-order chi connectivity index (χ1) is 5.24. The summed E-state index contributed by atoms with van der Waals surface area (Å²) < 4.78 is 0. The molecule has 1 rings (SSSR count). The topological polar surface area (TPSA) is 3.24 Å². The highest BCUT2D eigenvalue weighted by Gasteiger charge is 2.18. The van der Waals surface area contributed by atoms with Crippen LogP contribution in [0.2, 0.25) is 5.82 Å². The van der Waals surface area contributed by atoms with E-state index in [2.05, 4.69) is 18.7 Å². The van der Waals surface area contributed by atoms with Gasteiger partial charge in [-0.2, -0.15) is 0 Å². The average molecular weight is 151 g/mol. The summed E-state index contributed by atoms with van der Waals surface area (Å²) in [5, 5.41) is 0. The summed E-state index contributed by atoms with van der Waals surface area (Å²) in [5.74, 6) is 0.468. The van der Waals surface area contributed by atoms with Gasteiger partial charge in [0.05, 0.1) is 7.85 Å². The Bertz CT molecular complexity index is 108. The molecule has 0 aromatic rings. The molecule has 62 valence electrons. The van der Waals surface area contributed by atoms with Crippen LogP contribution in [-0.2, 0) is 0 Å². The lowest BCUT2D eigenvalue weighted by molar-refractivity contribution is 0.170. The number of nitrogens with zero attached hydrogens (tertiary/aromatic N) is 1. The fourth-order valence-corrected chi connectivity index (χ4v) is 1.62. The third-order valence-corrected chi connectivity index (χ3v) is 2.79. The van der Waals surface area contributed by atoms with Crippen LogP contribution in [0, 0.1) is 0 Å². The lowest BCUT2D eigenvalue weighted by atomic mass is 9.79. The third kappa shape index (κ3) is 2.51. The molecule has 2 radical (unpaired) electrons. The quantitative estimate of drug-likeness (QED) is 0.544. The van der Waals surface area contributed by atoms with Crippen molar-refractivity contribution in [3.63, 3.8) is 0 Å². The SMILES string of the molecule is [B]C1CCN(C(C)CC)CC1. The Morgan fingerprint density at radius 2 is 2.00 bits per heavy atom. The van der Waals surface area contributed by atoms with Crippen LogP contribution in [0.3, 0.4) is 0 Å². The van der Waals surface area contributed by atoms with Gasteiger partial charge in [-0.25, -0.2) is 0 Å². The average Bonchev–Trinajstić information content (AvgIpc) is 2.05. The minimum atomic E-state index is 0.468. The van der Waals surface area contributed by atoms with Gasteiger partial charge in [-0.15, -0.1) is 0 Å². The number of likely N-dealkylation sites (tertiary alicyclic amines) is 1. The molecular weight excluding hydrogens is 133 g/mol. The van der Waals surface area contributed by atoms with Gasteiger partial charge in [0.1, 0.15) is 0 Å². The minimum absolute atomic E-state index is 0.468. The molecule has 1 atom stereocenters. The van der Waals surface area contributed by atoms with Crippen molar-refractivity contribution in [2.45, 2.75) is 45.0 Å². The molecule has 0 bridgehead atoms. The summed E-state index contributed by atoms with van der Waals surface area (Å²) in [5.41, 5.74) is 0. The van der Waals surface area contributed by atoms with Crippen LogP contribution in [-0.4, -0.2) is 31.9 Å². The van der Waals surface area contributed by atoms with Crippen molar-refractivity contribution in [2.75, 3.05) is 13.1 Å². The van der Waals surface area contributed by atoms with Crippen LogP contribution in [0.5, 0.6) is 0 Å². The number of rotatable bonds is 2. The number of hydrogen-bond donors (Lipinski definition) is 0. The van der Waals surface area contributed by atoms with Crippen molar-refractivity contribution >= 4 is 7.85 Å². The largest absolute Gasteiger partial charge is 0.301 e. The highest BCUT2D eigenvalue weighted by molar-refractivity contribution is 6.11. The lowest BCUT2D eigenvalue weighted by Crippen LogP contribution is -2.38. The highest BCUT2D eigenvalue weighted by Crippen LogP contribution is 2.20. The molecule has 1 aliphatic heterocycles. The van der Waals surface area contributed by atoms with Gasteiger partial charge >= 0.3 is 0 Å². The van der Waals surface area contributed by atoms with E-state index >= 15 is 0 Å². The Hall–Kier alpha value is 0.0249. The number of piperidine rings is 1. The maximum atomic E-state index is 5.81. The van der Waals surface area contributed by atoms with Gasteiger partial charge in [-0.3, -0.25) is 0 Å². The van der Waals surface area contributed by atoms with E-state index in [1.165, 1.54) is 32.4 Å². The molecule has 1 heterocycles. The highest BCUT2D eigenvalue weighted by atomic mass is 15.1. The second kappa shape index (κ2) is 4.15. The van der Waals surface area contributed by atoms with Gasteiger partial charge in [0, 0.05) is 6.04 Å². The Kier molecular flexibility index (Phi) is 3.44. The van der Waals surface area contributed by atoms with E-state index in [0.717, 1.165) is 6.04 Å². The smallest absolute Gasteiger partial charge is 0.0700 e. The van der Waals surface area contributed by atoms with Crippen molar-refractivity contribution in [3.05, 3.63) is 0 Å². The zero-order valence-corrected chi connectivity index (χ0v) is 7.71. The summed E-state index contributed by atoms with van der Waals surface area (Å²) in [6.45, 7) is 6.96. The number of hydrogen-bond acceptors (Lipinski definition) is 1. The molecule has 1 unspecified atom stereocenters. The van der Waals surface area contributed by atoms with Crippen LogP contribution in [0.15, 0.2) is 0 Å². The van der Waals surface area contributed by atoms with Gasteiger partial charge < -0.3 is 4.90 Å². The van der Waals surface area contributed by atoms with E-state index in [4.69, 9.17) is 7.85 Å². The Morgan fingerprint density at radius 1 is 1.45 bits per heavy atom. The fourth-order valence-electron chi connectivity index (χ4n) is 1.62. The summed E-state index contributed by atoms with van der Waals surface area (Å²) in [6, 6.07) is 0.752. The van der Waals surface area contributed by atoms with Crippen molar-refractivity contribution in [1.29, 1.82) is 0 Å². The van der Waals surface area contributed by atoms with E-state index in [1.54, 1.807) is 0 Å². The molecule has 0 amide bonds. The van der Waals surface area contributed by atoms with Crippen LogP contribution >= 0.6 is 0 Å². The molecule has 0 aliphatic carbocycles. The molecule has 0 aromatic carbocycles. The lowest BCUT2D eigenvalue weighted by Gasteiger charge is -2.34. The van der Waals surface area contributed by atoms with E-state index in [-0.39, 0.29) is 0 Å². The van der Waals surface area contributed by atoms with Crippen molar-refractivity contribution in [3.8, 4) is 0 Å². The first-order valence-corrected chi connectivity index (χ1v) is 4.73. The molecule has 0 saturated carbocycles. The van der Waals surface area contributed by atoms with E-state index < -0.39 is 0 Å². The van der Waals surface area contributed by atoms with E-state index in [1.807, 2.05) is 0 Å². The Balaban J connectivity index is 2.27. The summed E-state index contributed by atoms with van der Waals surface area (Å²) in [7, 11) is 5.81. The maximum absolute atomic E-state index is 5.81. The molecule has 0 spiro atoms. The molecule has 1 nitrogen and oxygen atoms in total. The van der Waals surface area contributed by atoms with E-state index in [9.17, 15) is 0 Å². The van der Waals surface area contributed by atoms with Crippen molar-refractivity contribution in [2.24, 2.45) is 0 Å². The summed E-state index contributed by atoms with van der Waals surface area (Å²) in [4.78, 5) is 2.54. The first kappa shape index (κ1) is 9.12. The molecule has 11 heavy (non-hydrogen) atoms. The summed E-state index contributed by atoms with van der Waals surface area (Å²) >= 11 is 0. The first-order valence-electron chi connectivity index (χ1n) is 4.73. The zero-order valence-electron chi connectivity index (χ0n) is 7.71. The monoisotopic (exact) mass is 151 g/mol. The minimum Gasteiger partial charge on any atom is -0.301 e. The summed E-state index contributed by atoms with van der Waals surface area (Å²) in [6.07, 6.45) is 3.63. The predicted molar refractivity (Wildman–Crippen MR) is 50.1 cm³/mol. The normalized spacial score (nSPS) is 25.3. The third-order valence-electron chi connectivity index (χ3n) is 2.79. The Morgan fingerprint density at radius 3 is 2.45 bits per heavy atom. The predicted octanol–water partition coefficient (Wildman–Crippen LogP) is 1.84. The van der Waals surface area contributed by atoms with Crippen molar-refractivity contribution < 1.29 is 0 Å². The second-order valence-electron chi connectivity index (χ2n) is 3.63. The zero-order chi connectivity index (χ0) is 8.27. The molecule has 2 heteroatoms. The van der Waals surface area contributed by atoms with Gasteiger partial charge in [-0.1, -0.05) is 12.7 Å². The maximum Gasteiger partial charge on any atom is 0.0700 e. The Labute approximate surface area is 71.6 Å². The van der Waals surface area contributed by atoms with Crippen molar-refractivity contribution in [1.82, 2.24) is 4.90 Å². The van der Waals surface area contributed by atoms with Gasteiger partial charge in [0.15, 0.2) is 0 Å². The second-order valence-corrected chi connectivity index (χ2v) is 3.63. The van der Waals surface area contributed by atoms with Gasteiger partial charge in [0.25, 0.3) is 0 Å². The van der Waals surface area contributed by atoms with E-state index in [0.29, 0.717) is 5.82 Å². The van der Waals surface area contributed by atoms with Crippen LogP contribution in [0.1, 0.15) is 33.1 Å². The molecule has 0 N–H and O–H groups in total. The molecular formula is C9H18BN. The van der Waals surface area contributed by atoms with Crippen LogP contribution in [0.25, 0.3) is 0 Å². The fraction of sp³-hybridized carbons (Fsp3) is 1.00. The molecule has 1 fully saturated rings. The molecule has 0 aromatic heterocycles. The molecule has 1 saturated heterocycles. The molecule has 1 aliphatic rings. The van der Waals surface area contributed by atoms with Crippen LogP contribution in [0.4, 0.5) is 0 Å². The standard InChI is InChI=1S/C9H18BN/c1-3-8(2)11-6-4-9(10)5-7-11/h8-9H,3-7H2,1-2H3.